The maximum Gasteiger partial charge on any atom is 0.280 e. The van der Waals surface area contributed by atoms with Gasteiger partial charge in [0.05, 0.1) is 6.54 Å². The zero-order valence-corrected chi connectivity index (χ0v) is 22.6. The molecular formula is C31H36N6O2. The van der Waals surface area contributed by atoms with E-state index in [2.05, 4.69) is 41.0 Å². The Balaban J connectivity index is 1.59. The van der Waals surface area contributed by atoms with Gasteiger partial charge in [-0.2, -0.15) is 4.99 Å². The number of hydrogen-bond donors (Lipinski definition) is 2. The molecule has 0 unspecified atom stereocenters. The van der Waals surface area contributed by atoms with Crippen molar-refractivity contribution in [3.8, 4) is 0 Å². The lowest BCUT2D eigenvalue weighted by molar-refractivity contribution is 0.0981. The third kappa shape index (κ3) is 7.37. The summed E-state index contributed by atoms with van der Waals surface area (Å²) >= 11 is 0. The van der Waals surface area contributed by atoms with Crippen molar-refractivity contribution in [3.63, 3.8) is 0 Å². The van der Waals surface area contributed by atoms with Gasteiger partial charge in [0, 0.05) is 35.6 Å². The molecule has 202 valence electrons. The second kappa shape index (κ2) is 13.0. The molecule has 0 atom stereocenters. The Labute approximate surface area is 230 Å². The fourth-order valence-electron chi connectivity index (χ4n) is 4.82. The Morgan fingerprint density at radius 2 is 1.46 bits per heavy atom. The smallest absolute Gasteiger partial charge is 0.280 e. The third-order valence-corrected chi connectivity index (χ3v) is 6.84. The highest BCUT2D eigenvalue weighted by Gasteiger charge is 2.20. The SMILES string of the molecule is CC(C)Cc1ccc(C(=O)N(Cc2ccc(C(=O)N=C(N)N=N)cc2)c2ccc(N3CCCCC3)cc2)cc1. The van der Waals surface area contributed by atoms with Gasteiger partial charge in [-0.1, -0.05) is 38.1 Å². The van der Waals surface area contributed by atoms with Gasteiger partial charge in [-0.25, -0.2) is 5.53 Å². The first kappa shape index (κ1) is 27.7. The summed E-state index contributed by atoms with van der Waals surface area (Å²) in [6.45, 7) is 6.80. The number of amides is 2. The second-order valence-corrected chi connectivity index (χ2v) is 10.3. The van der Waals surface area contributed by atoms with Gasteiger partial charge in [0.1, 0.15) is 0 Å². The van der Waals surface area contributed by atoms with Gasteiger partial charge in [-0.05, 0) is 91.3 Å². The highest BCUT2D eigenvalue weighted by molar-refractivity contribution is 6.06. The van der Waals surface area contributed by atoms with Crippen molar-refractivity contribution < 1.29 is 9.59 Å². The summed E-state index contributed by atoms with van der Waals surface area (Å²) in [5.74, 6) is -0.516. The lowest BCUT2D eigenvalue weighted by Gasteiger charge is -2.29. The van der Waals surface area contributed by atoms with Crippen LogP contribution in [0, 0.1) is 11.4 Å². The molecular weight excluding hydrogens is 488 g/mol. The molecule has 8 heteroatoms. The summed E-state index contributed by atoms with van der Waals surface area (Å²) in [5, 5.41) is 2.96. The van der Waals surface area contributed by atoms with Gasteiger partial charge in [0.15, 0.2) is 0 Å². The van der Waals surface area contributed by atoms with E-state index < -0.39 is 11.9 Å². The van der Waals surface area contributed by atoms with E-state index in [0.29, 0.717) is 23.6 Å². The van der Waals surface area contributed by atoms with Gasteiger partial charge in [0.25, 0.3) is 11.8 Å². The van der Waals surface area contributed by atoms with Gasteiger partial charge in [-0.15, -0.1) is 5.11 Å². The number of nitrogens with two attached hydrogens (primary N) is 1. The molecule has 1 fully saturated rings. The number of piperidine rings is 1. The fraction of sp³-hybridized carbons (Fsp3) is 0.323. The van der Waals surface area contributed by atoms with Crippen LogP contribution in [-0.4, -0.2) is 30.9 Å². The maximum atomic E-state index is 13.8. The van der Waals surface area contributed by atoms with E-state index in [1.165, 1.54) is 30.5 Å². The van der Waals surface area contributed by atoms with Crippen LogP contribution in [0.25, 0.3) is 0 Å². The Bertz CT molecular complexity index is 1310. The van der Waals surface area contributed by atoms with Gasteiger partial charge < -0.3 is 15.5 Å². The number of carbonyl (C=O) groups is 2. The number of rotatable bonds is 8. The van der Waals surface area contributed by atoms with Gasteiger partial charge >= 0.3 is 0 Å². The summed E-state index contributed by atoms with van der Waals surface area (Å²) in [6, 6.07) is 22.9. The molecule has 0 bridgehead atoms. The lowest BCUT2D eigenvalue weighted by Crippen LogP contribution is -2.31. The first-order valence-electron chi connectivity index (χ1n) is 13.4. The second-order valence-electron chi connectivity index (χ2n) is 10.3. The summed E-state index contributed by atoms with van der Waals surface area (Å²) in [7, 11) is 0. The number of nitrogens with zero attached hydrogens (tertiary/aromatic N) is 4. The van der Waals surface area contributed by atoms with Crippen molar-refractivity contribution in [1.82, 2.24) is 0 Å². The Morgan fingerprint density at radius 3 is 2.05 bits per heavy atom. The molecule has 0 spiro atoms. The Morgan fingerprint density at radius 1 is 0.872 bits per heavy atom. The zero-order valence-electron chi connectivity index (χ0n) is 22.6. The molecule has 3 aromatic rings. The molecule has 1 aliphatic rings. The quantitative estimate of drug-likeness (QED) is 0.207. The third-order valence-electron chi connectivity index (χ3n) is 6.84. The average molecular weight is 525 g/mol. The van der Waals surface area contributed by atoms with Gasteiger partial charge in [-0.3, -0.25) is 9.59 Å². The molecule has 39 heavy (non-hydrogen) atoms. The van der Waals surface area contributed by atoms with Crippen LogP contribution in [0.2, 0.25) is 0 Å². The summed E-state index contributed by atoms with van der Waals surface area (Å²) in [5.41, 5.74) is 17.2. The van der Waals surface area contributed by atoms with Crippen LogP contribution < -0.4 is 15.5 Å². The topological polar surface area (TPSA) is 115 Å². The Hall–Kier alpha value is -4.33. The maximum absolute atomic E-state index is 13.8. The van der Waals surface area contributed by atoms with Crippen LogP contribution >= 0.6 is 0 Å². The number of hydrogen-bond acceptors (Lipinski definition) is 4. The molecule has 8 nitrogen and oxygen atoms in total. The van der Waals surface area contributed by atoms with Gasteiger partial charge in [0.2, 0.25) is 5.96 Å². The van der Waals surface area contributed by atoms with Crippen LogP contribution in [0.15, 0.2) is 82.9 Å². The minimum atomic E-state index is -0.572. The summed E-state index contributed by atoms with van der Waals surface area (Å²) in [4.78, 5) is 33.8. The number of anilines is 2. The first-order chi connectivity index (χ1) is 18.8. The number of aliphatic imine (C=N–C) groups is 1. The van der Waals surface area contributed by atoms with Crippen LogP contribution in [0.1, 0.15) is 65.0 Å². The monoisotopic (exact) mass is 524 g/mol. The predicted octanol–water partition coefficient (Wildman–Crippen LogP) is 6.21. The summed E-state index contributed by atoms with van der Waals surface area (Å²) < 4.78 is 0. The molecule has 4 rings (SSSR count). The van der Waals surface area contributed by atoms with E-state index in [9.17, 15) is 9.59 Å². The van der Waals surface area contributed by atoms with Crippen LogP contribution in [-0.2, 0) is 13.0 Å². The average Bonchev–Trinajstić information content (AvgIpc) is 2.96. The minimum absolute atomic E-state index is 0.0913. The van der Waals surface area contributed by atoms with Crippen molar-refractivity contribution in [2.75, 3.05) is 22.9 Å². The van der Waals surface area contributed by atoms with Crippen molar-refractivity contribution in [2.45, 2.75) is 46.1 Å². The molecule has 0 aromatic heterocycles. The minimum Gasteiger partial charge on any atom is -0.372 e. The number of benzene rings is 3. The summed E-state index contributed by atoms with van der Waals surface area (Å²) in [6.07, 6.45) is 4.64. The standard InChI is InChI=1S/C31H36N6O2/c1-22(2)20-23-6-12-26(13-7-23)30(39)37(28-16-14-27(15-17-28)36-18-4-3-5-19-36)21-24-8-10-25(11-9-24)29(38)34-31(32)35-33/h6-17,22,33H,3-5,18-21H2,1-2H3,(H2,32,34,38). The highest BCUT2D eigenvalue weighted by atomic mass is 16.2. The largest absolute Gasteiger partial charge is 0.372 e. The number of guanidine groups is 1. The van der Waals surface area contributed by atoms with Crippen LogP contribution in [0.3, 0.4) is 0 Å². The molecule has 1 heterocycles. The van der Waals surface area contributed by atoms with Crippen molar-refractivity contribution >= 4 is 29.1 Å². The predicted molar refractivity (Wildman–Crippen MR) is 156 cm³/mol. The van der Waals surface area contributed by atoms with E-state index in [1.54, 1.807) is 29.2 Å². The molecule has 0 radical (unpaired) electrons. The van der Waals surface area contributed by atoms with E-state index in [1.807, 2.05) is 36.4 Å². The Kier molecular flexibility index (Phi) is 9.20. The molecule has 0 saturated carbocycles. The first-order valence-corrected chi connectivity index (χ1v) is 13.4. The van der Waals surface area contributed by atoms with Crippen molar-refractivity contribution in [2.24, 2.45) is 21.8 Å². The number of nitrogens with one attached hydrogen (secondary N) is 1. The van der Waals surface area contributed by atoms with E-state index in [-0.39, 0.29) is 5.91 Å². The number of carbonyl (C=O) groups excluding carboxylic acids is 2. The van der Waals surface area contributed by atoms with Crippen LogP contribution in [0.4, 0.5) is 11.4 Å². The zero-order chi connectivity index (χ0) is 27.8. The lowest BCUT2D eigenvalue weighted by atomic mass is 10.0. The van der Waals surface area contributed by atoms with Crippen molar-refractivity contribution in [1.29, 1.82) is 5.53 Å². The molecule has 1 aliphatic heterocycles. The molecule has 3 aromatic carbocycles. The highest BCUT2D eigenvalue weighted by Crippen LogP contribution is 2.26. The molecule has 3 N–H and O–H groups in total. The molecule has 1 saturated heterocycles. The normalized spacial score (nSPS) is 13.8. The van der Waals surface area contributed by atoms with Crippen LogP contribution in [0.5, 0.6) is 0 Å². The molecule has 2 amide bonds. The molecule has 0 aliphatic carbocycles. The van der Waals surface area contributed by atoms with E-state index in [4.69, 9.17) is 11.3 Å². The van der Waals surface area contributed by atoms with E-state index >= 15 is 0 Å². The fourth-order valence-corrected chi connectivity index (χ4v) is 4.82. The van der Waals surface area contributed by atoms with Crippen molar-refractivity contribution in [3.05, 3.63) is 95.1 Å². The van der Waals surface area contributed by atoms with E-state index in [0.717, 1.165) is 30.8 Å².